The molecule has 0 saturated heterocycles. The minimum absolute atomic E-state index is 1.15. The second-order valence-electron chi connectivity index (χ2n) is 7.67. The third-order valence-corrected chi connectivity index (χ3v) is 4.80. The van der Waals surface area contributed by atoms with Crippen LogP contribution in [0, 0.1) is 0 Å². The van der Waals surface area contributed by atoms with Crippen LogP contribution in [0.4, 0.5) is 0 Å². The summed E-state index contributed by atoms with van der Waals surface area (Å²) in [4.78, 5) is 4.92. The molecule has 0 heterocycles. The summed E-state index contributed by atoms with van der Waals surface area (Å²) in [5.74, 6) is 0. The maximum atomic E-state index is 4.22. The van der Waals surface area contributed by atoms with E-state index in [-0.39, 0.29) is 0 Å². The van der Waals surface area contributed by atoms with Gasteiger partial charge in [0.25, 0.3) is 0 Å². The van der Waals surface area contributed by atoms with E-state index in [2.05, 4.69) is 64.5 Å². The zero-order chi connectivity index (χ0) is 20.9. The lowest BCUT2D eigenvalue weighted by atomic mass is 10.1. The lowest BCUT2D eigenvalue weighted by Gasteiger charge is -2.26. The van der Waals surface area contributed by atoms with Gasteiger partial charge in [-0.3, -0.25) is 0 Å². The van der Waals surface area contributed by atoms with Crippen LogP contribution in [0.1, 0.15) is 112 Å². The normalized spacial score (nSPS) is 10.1. The summed E-state index contributed by atoms with van der Waals surface area (Å²) in [6.07, 6.45) is 13.7. The maximum Gasteiger partial charge on any atom is 0.0174 e. The summed E-state index contributed by atoms with van der Waals surface area (Å²) in [7, 11) is 0. The van der Waals surface area contributed by atoms with Gasteiger partial charge in [-0.05, 0) is 44.9 Å². The molecule has 2 heteroatoms. The van der Waals surface area contributed by atoms with Crippen LogP contribution in [0.2, 0.25) is 0 Å². The van der Waals surface area contributed by atoms with Crippen molar-refractivity contribution in [2.75, 3.05) is 26.2 Å². The SMILES string of the molecule is C=C(CCC)N(CCC)CCC.C=C(CCCC)N(CCCC)CCCC. The number of rotatable bonds is 17. The predicted molar refractivity (Wildman–Crippen MR) is 126 cm³/mol. The second kappa shape index (κ2) is 21.4. The number of hydrogen-bond acceptors (Lipinski definition) is 2. The van der Waals surface area contributed by atoms with Crippen molar-refractivity contribution in [3.05, 3.63) is 24.6 Å². The van der Waals surface area contributed by atoms with Gasteiger partial charge in [0.05, 0.1) is 0 Å². The van der Waals surface area contributed by atoms with Crippen molar-refractivity contribution in [1.29, 1.82) is 0 Å². The average molecular weight is 381 g/mol. The molecule has 0 atom stereocenters. The molecule has 162 valence electrons. The quantitative estimate of drug-likeness (QED) is 0.252. The highest BCUT2D eigenvalue weighted by Gasteiger charge is 2.06. The topological polar surface area (TPSA) is 6.48 Å². The van der Waals surface area contributed by atoms with E-state index in [1.54, 1.807) is 0 Å². The van der Waals surface area contributed by atoms with E-state index in [1.807, 2.05) is 0 Å². The number of unbranched alkanes of at least 4 members (excludes halogenated alkanes) is 3. The van der Waals surface area contributed by atoms with Crippen molar-refractivity contribution >= 4 is 0 Å². The lowest BCUT2D eigenvalue weighted by molar-refractivity contribution is 0.319. The van der Waals surface area contributed by atoms with Crippen molar-refractivity contribution < 1.29 is 0 Å². The van der Waals surface area contributed by atoms with Crippen LogP contribution >= 0.6 is 0 Å². The molecule has 0 aromatic carbocycles. The molecule has 0 N–H and O–H groups in total. The first-order chi connectivity index (χ1) is 13.0. The largest absolute Gasteiger partial charge is 0.375 e. The van der Waals surface area contributed by atoms with Gasteiger partial charge in [-0.2, -0.15) is 0 Å². The monoisotopic (exact) mass is 380 g/mol. The van der Waals surface area contributed by atoms with Crippen LogP contribution in [-0.2, 0) is 0 Å². The summed E-state index contributed by atoms with van der Waals surface area (Å²) in [6, 6.07) is 0. The third kappa shape index (κ3) is 16.9. The zero-order valence-corrected chi connectivity index (χ0v) is 19.9. The van der Waals surface area contributed by atoms with Crippen LogP contribution in [0.25, 0.3) is 0 Å². The minimum atomic E-state index is 1.15. The number of hydrogen-bond donors (Lipinski definition) is 0. The molecule has 0 radical (unpaired) electrons. The van der Waals surface area contributed by atoms with Crippen molar-refractivity contribution in [2.45, 2.75) is 112 Å². The van der Waals surface area contributed by atoms with Gasteiger partial charge in [0.15, 0.2) is 0 Å². The Labute approximate surface area is 173 Å². The summed E-state index contributed by atoms with van der Waals surface area (Å²) >= 11 is 0. The van der Waals surface area contributed by atoms with Crippen LogP contribution in [0.3, 0.4) is 0 Å². The van der Waals surface area contributed by atoms with Gasteiger partial charge in [-0.25, -0.2) is 0 Å². The molecule has 0 spiro atoms. The molecule has 0 saturated carbocycles. The van der Waals surface area contributed by atoms with E-state index in [9.17, 15) is 0 Å². The summed E-state index contributed by atoms with van der Waals surface area (Å²) in [5.41, 5.74) is 2.68. The van der Waals surface area contributed by atoms with E-state index in [0.29, 0.717) is 0 Å². The Kier molecular flexibility index (Phi) is 22.4. The van der Waals surface area contributed by atoms with Crippen LogP contribution < -0.4 is 0 Å². The summed E-state index contributed by atoms with van der Waals surface area (Å²) < 4.78 is 0. The molecule has 0 fully saturated rings. The van der Waals surface area contributed by atoms with Crippen molar-refractivity contribution in [1.82, 2.24) is 9.80 Å². The van der Waals surface area contributed by atoms with Crippen LogP contribution in [-0.4, -0.2) is 36.0 Å². The molecule has 0 aliphatic carbocycles. The van der Waals surface area contributed by atoms with Gasteiger partial charge >= 0.3 is 0 Å². The van der Waals surface area contributed by atoms with Crippen LogP contribution in [0.15, 0.2) is 24.6 Å². The van der Waals surface area contributed by atoms with Gasteiger partial charge in [-0.15, -0.1) is 0 Å². The fourth-order valence-electron chi connectivity index (χ4n) is 3.08. The summed E-state index contributed by atoms with van der Waals surface area (Å²) in [5, 5.41) is 0. The van der Waals surface area contributed by atoms with Gasteiger partial charge < -0.3 is 9.80 Å². The Balaban J connectivity index is 0. The van der Waals surface area contributed by atoms with Gasteiger partial charge in [0, 0.05) is 37.6 Å². The smallest absolute Gasteiger partial charge is 0.0174 e. The van der Waals surface area contributed by atoms with E-state index in [4.69, 9.17) is 0 Å². The Morgan fingerprint density at radius 3 is 1.26 bits per heavy atom. The Morgan fingerprint density at radius 1 is 0.481 bits per heavy atom. The van der Waals surface area contributed by atoms with Crippen molar-refractivity contribution in [2.24, 2.45) is 0 Å². The molecule has 0 rings (SSSR count). The highest BCUT2D eigenvalue weighted by molar-refractivity contribution is 4.94. The molecule has 0 aromatic rings. The molecule has 0 unspecified atom stereocenters. The van der Waals surface area contributed by atoms with E-state index in [1.165, 1.54) is 102 Å². The maximum absolute atomic E-state index is 4.22. The van der Waals surface area contributed by atoms with Gasteiger partial charge in [0.2, 0.25) is 0 Å². The molecule has 2 nitrogen and oxygen atoms in total. The second-order valence-corrected chi connectivity index (χ2v) is 7.67. The molecular formula is C25H52N2. The lowest BCUT2D eigenvalue weighted by Crippen LogP contribution is -2.24. The molecule has 0 aliphatic rings. The van der Waals surface area contributed by atoms with Gasteiger partial charge in [0.1, 0.15) is 0 Å². The zero-order valence-electron chi connectivity index (χ0n) is 19.9. The van der Waals surface area contributed by atoms with E-state index < -0.39 is 0 Å². The Hall–Kier alpha value is -0.920. The number of nitrogens with zero attached hydrogens (tertiary/aromatic N) is 2. The molecule has 0 aromatic heterocycles. The Morgan fingerprint density at radius 2 is 0.889 bits per heavy atom. The molecule has 0 bridgehead atoms. The van der Waals surface area contributed by atoms with Crippen molar-refractivity contribution in [3.63, 3.8) is 0 Å². The highest BCUT2D eigenvalue weighted by atomic mass is 15.1. The molecular weight excluding hydrogens is 328 g/mol. The van der Waals surface area contributed by atoms with E-state index in [0.717, 1.165) is 6.42 Å². The van der Waals surface area contributed by atoms with Crippen molar-refractivity contribution in [3.8, 4) is 0 Å². The van der Waals surface area contributed by atoms with E-state index >= 15 is 0 Å². The molecule has 0 aliphatic heterocycles. The molecule has 0 amide bonds. The fraction of sp³-hybridized carbons (Fsp3) is 0.840. The predicted octanol–water partition coefficient (Wildman–Crippen LogP) is 8.01. The third-order valence-electron chi connectivity index (χ3n) is 4.80. The highest BCUT2D eigenvalue weighted by Crippen LogP contribution is 2.13. The standard InChI is InChI=1S/C14H29N.C11H23N/c1-5-8-11-14(4)15(12-9-6-2)13-10-7-3;1-5-8-11(4)12(9-6-2)10-7-3/h4-13H2,1-3H3;4-10H2,1-3H3. The fourth-order valence-corrected chi connectivity index (χ4v) is 3.08. The number of allylic oxidation sites excluding steroid dienone is 2. The first kappa shape index (κ1) is 28.3. The van der Waals surface area contributed by atoms with Crippen LogP contribution in [0.5, 0.6) is 0 Å². The average Bonchev–Trinajstić information content (AvgIpc) is 2.66. The first-order valence-corrected chi connectivity index (χ1v) is 11.9. The Bertz CT molecular complexity index is 321. The minimum Gasteiger partial charge on any atom is -0.375 e. The first-order valence-electron chi connectivity index (χ1n) is 11.9. The molecule has 27 heavy (non-hydrogen) atoms. The summed E-state index contributed by atoms with van der Waals surface area (Å²) in [6.45, 7) is 26.5. The van der Waals surface area contributed by atoms with Gasteiger partial charge in [-0.1, -0.05) is 80.4 Å².